The molecule has 0 N–H and O–H groups in total. The van der Waals surface area contributed by atoms with E-state index in [1.807, 2.05) is 23.1 Å². The summed E-state index contributed by atoms with van der Waals surface area (Å²) < 4.78 is 1.69. The molecule has 1 fully saturated rings. The average molecular weight is 347 g/mol. The molecule has 0 unspecified atom stereocenters. The number of hydrogen-bond donors (Lipinski definition) is 0. The Hall–Kier alpha value is -3.02. The van der Waals surface area contributed by atoms with Crippen molar-refractivity contribution >= 4 is 5.91 Å². The van der Waals surface area contributed by atoms with Crippen LogP contribution in [0.2, 0.25) is 0 Å². The minimum Gasteiger partial charge on any atom is -0.336 e. The van der Waals surface area contributed by atoms with Gasteiger partial charge >= 0.3 is 0 Å². The lowest BCUT2D eigenvalue weighted by Crippen LogP contribution is -2.31. The van der Waals surface area contributed by atoms with Gasteiger partial charge in [-0.15, -0.1) is 10.2 Å². The molecule has 0 spiro atoms. The molecule has 6 nitrogen and oxygen atoms in total. The summed E-state index contributed by atoms with van der Waals surface area (Å²) in [5.74, 6) is 0.916. The number of amides is 1. The van der Waals surface area contributed by atoms with E-state index in [2.05, 4.69) is 53.3 Å². The van der Waals surface area contributed by atoms with Gasteiger partial charge in [0.1, 0.15) is 24.2 Å². The Balaban J connectivity index is 1.59. The van der Waals surface area contributed by atoms with Crippen molar-refractivity contribution in [3.8, 4) is 5.82 Å². The number of carbonyl (C=O) groups is 1. The van der Waals surface area contributed by atoms with Crippen LogP contribution in [0.4, 0.5) is 0 Å². The van der Waals surface area contributed by atoms with Crippen molar-refractivity contribution in [2.45, 2.75) is 19.8 Å². The number of pyridine rings is 1. The van der Waals surface area contributed by atoms with E-state index in [9.17, 15) is 4.79 Å². The summed E-state index contributed by atoms with van der Waals surface area (Å²) in [7, 11) is 0. The first-order valence-electron chi connectivity index (χ1n) is 8.71. The van der Waals surface area contributed by atoms with Crippen molar-refractivity contribution in [2.24, 2.45) is 5.41 Å². The van der Waals surface area contributed by atoms with Crippen LogP contribution >= 0.6 is 0 Å². The quantitative estimate of drug-likeness (QED) is 0.731. The van der Waals surface area contributed by atoms with Gasteiger partial charge in [0.25, 0.3) is 5.91 Å². The van der Waals surface area contributed by atoms with Crippen LogP contribution in [0.25, 0.3) is 5.82 Å². The maximum atomic E-state index is 13.1. The Morgan fingerprint density at radius 2 is 1.77 bits per heavy atom. The molecule has 1 aliphatic heterocycles. The number of aromatic nitrogens is 4. The molecular weight excluding hydrogens is 326 g/mol. The lowest BCUT2D eigenvalue weighted by molar-refractivity contribution is 0.0772. The van der Waals surface area contributed by atoms with E-state index in [0.717, 1.165) is 0 Å². The summed E-state index contributed by atoms with van der Waals surface area (Å²) in [6.07, 6.45) is 3.14. The monoisotopic (exact) mass is 347 g/mol. The molecular formula is C20H21N5O. The summed E-state index contributed by atoms with van der Waals surface area (Å²) in [6.45, 7) is 5.86. The highest BCUT2D eigenvalue weighted by molar-refractivity contribution is 5.92. The zero-order valence-electron chi connectivity index (χ0n) is 14.9. The van der Waals surface area contributed by atoms with Gasteiger partial charge in [0, 0.05) is 19.0 Å². The molecule has 0 bridgehead atoms. The van der Waals surface area contributed by atoms with Gasteiger partial charge in [-0.3, -0.25) is 9.36 Å². The molecule has 1 saturated heterocycles. The van der Waals surface area contributed by atoms with E-state index < -0.39 is 0 Å². The summed E-state index contributed by atoms with van der Waals surface area (Å²) in [6, 6.07) is 15.9. The SMILES string of the molecule is CC1(C)CN(C(=O)c2cccc(-n3cnnc3)n2)C[C@@H]1c1ccccc1. The minimum absolute atomic E-state index is 0.0168. The fourth-order valence-electron chi connectivity index (χ4n) is 3.70. The topological polar surface area (TPSA) is 63.9 Å². The predicted molar refractivity (Wildman–Crippen MR) is 98.0 cm³/mol. The summed E-state index contributed by atoms with van der Waals surface area (Å²) in [4.78, 5) is 19.5. The molecule has 3 aromatic rings. The predicted octanol–water partition coefficient (Wildman–Crippen LogP) is 2.93. The molecule has 4 rings (SSSR count). The molecule has 26 heavy (non-hydrogen) atoms. The van der Waals surface area contributed by atoms with Crippen molar-refractivity contribution in [1.82, 2.24) is 24.6 Å². The van der Waals surface area contributed by atoms with Crippen LogP contribution < -0.4 is 0 Å². The van der Waals surface area contributed by atoms with Crippen LogP contribution in [0, 0.1) is 5.41 Å². The number of hydrogen-bond acceptors (Lipinski definition) is 4. The lowest BCUT2D eigenvalue weighted by Gasteiger charge is -2.25. The Morgan fingerprint density at radius 3 is 2.50 bits per heavy atom. The number of nitrogens with zero attached hydrogens (tertiary/aromatic N) is 5. The van der Waals surface area contributed by atoms with Gasteiger partial charge in [-0.05, 0) is 23.1 Å². The molecule has 132 valence electrons. The van der Waals surface area contributed by atoms with Crippen molar-refractivity contribution < 1.29 is 4.79 Å². The zero-order chi connectivity index (χ0) is 18.1. The van der Waals surface area contributed by atoms with Gasteiger partial charge in [-0.2, -0.15) is 0 Å². The third-order valence-electron chi connectivity index (χ3n) is 5.07. The van der Waals surface area contributed by atoms with Gasteiger partial charge in [0.15, 0.2) is 0 Å². The summed E-state index contributed by atoms with van der Waals surface area (Å²) in [5.41, 5.74) is 1.74. The van der Waals surface area contributed by atoms with Gasteiger partial charge in [-0.1, -0.05) is 50.2 Å². The van der Waals surface area contributed by atoms with Crippen molar-refractivity contribution in [2.75, 3.05) is 13.1 Å². The van der Waals surface area contributed by atoms with Crippen molar-refractivity contribution in [3.63, 3.8) is 0 Å². The first-order valence-corrected chi connectivity index (χ1v) is 8.71. The van der Waals surface area contributed by atoms with Crippen LogP contribution in [0.1, 0.15) is 35.8 Å². The third-order valence-corrected chi connectivity index (χ3v) is 5.07. The molecule has 0 aliphatic carbocycles. The van der Waals surface area contributed by atoms with Crippen molar-refractivity contribution in [1.29, 1.82) is 0 Å². The second-order valence-electron chi connectivity index (χ2n) is 7.39. The summed E-state index contributed by atoms with van der Waals surface area (Å²) in [5, 5.41) is 7.58. The Morgan fingerprint density at radius 1 is 1.04 bits per heavy atom. The van der Waals surface area contributed by atoms with E-state index in [4.69, 9.17) is 0 Å². The van der Waals surface area contributed by atoms with Gasteiger partial charge in [0.2, 0.25) is 0 Å². The molecule has 1 aromatic carbocycles. The lowest BCUT2D eigenvalue weighted by atomic mass is 9.78. The standard InChI is InChI=1S/C20H21N5O/c1-20(2)12-24(11-16(20)15-7-4-3-5-8-15)19(26)17-9-6-10-18(23-17)25-13-21-22-14-25/h3-10,13-14,16H,11-12H2,1-2H3/t16-/m1/s1. The second kappa shape index (κ2) is 6.37. The first-order chi connectivity index (χ1) is 12.5. The molecule has 1 atom stereocenters. The Bertz CT molecular complexity index is 905. The van der Waals surface area contributed by atoms with E-state index in [-0.39, 0.29) is 11.3 Å². The highest BCUT2D eigenvalue weighted by atomic mass is 16.2. The van der Waals surface area contributed by atoms with Crippen LogP contribution in [-0.2, 0) is 0 Å². The van der Waals surface area contributed by atoms with Crippen LogP contribution in [0.5, 0.6) is 0 Å². The Labute approximate surface area is 152 Å². The molecule has 1 amide bonds. The third kappa shape index (κ3) is 2.98. The number of likely N-dealkylation sites (tertiary alicyclic amines) is 1. The number of benzene rings is 1. The first kappa shape index (κ1) is 16.4. The zero-order valence-corrected chi connectivity index (χ0v) is 14.9. The van der Waals surface area contributed by atoms with Gasteiger partial charge in [-0.25, -0.2) is 4.98 Å². The van der Waals surface area contributed by atoms with E-state index in [1.54, 1.807) is 23.3 Å². The normalized spacial score (nSPS) is 18.8. The summed E-state index contributed by atoms with van der Waals surface area (Å²) >= 11 is 0. The fourth-order valence-corrected chi connectivity index (χ4v) is 3.70. The fraction of sp³-hybridized carbons (Fsp3) is 0.300. The Kier molecular flexibility index (Phi) is 4.03. The van der Waals surface area contributed by atoms with Crippen molar-refractivity contribution in [3.05, 3.63) is 72.4 Å². The van der Waals surface area contributed by atoms with Crippen LogP contribution in [0.3, 0.4) is 0 Å². The van der Waals surface area contributed by atoms with Crippen LogP contribution in [-0.4, -0.2) is 43.6 Å². The second-order valence-corrected chi connectivity index (χ2v) is 7.39. The number of carbonyl (C=O) groups excluding carboxylic acids is 1. The largest absolute Gasteiger partial charge is 0.336 e. The maximum Gasteiger partial charge on any atom is 0.272 e. The van der Waals surface area contributed by atoms with Crippen LogP contribution in [0.15, 0.2) is 61.2 Å². The van der Waals surface area contributed by atoms with Gasteiger partial charge in [0.05, 0.1) is 0 Å². The molecule has 1 aliphatic rings. The van der Waals surface area contributed by atoms with E-state index in [0.29, 0.717) is 30.5 Å². The number of rotatable bonds is 3. The highest BCUT2D eigenvalue weighted by Crippen LogP contribution is 2.42. The van der Waals surface area contributed by atoms with Gasteiger partial charge < -0.3 is 4.90 Å². The van der Waals surface area contributed by atoms with E-state index >= 15 is 0 Å². The maximum absolute atomic E-state index is 13.1. The smallest absolute Gasteiger partial charge is 0.272 e. The molecule has 0 saturated carbocycles. The molecule has 0 radical (unpaired) electrons. The molecule has 6 heteroatoms. The average Bonchev–Trinajstić information content (AvgIpc) is 3.29. The highest BCUT2D eigenvalue weighted by Gasteiger charge is 2.42. The molecule has 2 aromatic heterocycles. The minimum atomic E-state index is -0.0357. The van der Waals surface area contributed by atoms with E-state index in [1.165, 1.54) is 5.56 Å². The molecule has 3 heterocycles.